The number of fused-ring (bicyclic) bond motifs is 2. The number of carbonyl (C=O) groups is 1. The van der Waals surface area contributed by atoms with Crippen molar-refractivity contribution in [1.82, 2.24) is 25.1 Å². The zero-order valence-electron chi connectivity index (χ0n) is 16.1. The van der Waals surface area contributed by atoms with E-state index in [1.54, 1.807) is 0 Å². The fourth-order valence-electron chi connectivity index (χ4n) is 4.35. The second kappa shape index (κ2) is 6.88. The minimum Gasteiger partial charge on any atom is -0.347 e. The van der Waals surface area contributed by atoms with Gasteiger partial charge in [-0.1, -0.05) is 0 Å². The summed E-state index contributed by atoms with van der Waals surface area (Å²) in [6.07, 6.45) is 5.57. The predicted octanol–water partition coefficient (Wildman–Crippen LogP) is -0.0317. The highest BCUT2D eigenvalue weighted by Crippen LogP contribution is 2.44. The van der Waals surface area contributed by atoms with Crippen LogP contribution in [0, 0.1) is 0 Å². The molecule has 3 heterocycles. The molecule has 28 heavy (non-hydrogen) atoms. The molecule has 1 aliphatic heterocycles. The number of nitrogens with zero attached hydrogens (tertiary/aromatic N) is 4. The lowest BCUT2D eigenvalue weighted by atomic mass is 9.77. The van der Waals surface area contributed by atoms with E-state index in [4.69, 9.17) is 4.98 Å². The summed E-state index contributed by atoms with van der Waals surface area (Å²) in [6, 6.07) is 1.19. The molecule has 9 nitrogen and oxygen atoms in total. The van der Waals surface area contributed by atoms with Crippen molar-refractivity contribution in [1.29, 1.82) is 0 Å². The molecule has 1 amide bonds. The van der Waals surface area contributed by atoms with Gasteiger partial charge in [-0.05, 0) is 31.2 Å². The van der Waals surface area contributed by atoms with E-state index in [-0.39, 0.29) is 23.3 Å². The first kappa shape index (κ1) is 18.4. The lowest BCUT2D eigenvalue weighted by Gasteiger charge is -2.40. The minimum atomic E-state index is -0.436. The molecule has 1 atom stereocenters. The summed E-state index contributed by atoms with van der Waals surface area (Å²) in [7, 11) is 3.83. The molecule has 0 bridgehead atoms. The topological polar surface area (TPSA) is 115 Å². The maximum atomic E-state index is 12.9. The number of rotatable bonds is 3. The van der Waals surface area contributed by atoms with Gasteiger partial charge in [0.2, 0.25) is 11.9 Å². The van der Waals surface area contributed by atoms with E-state index >= 15 is 0 Å². The number of aromatic amines is 2. The maximum Gasteiger partial charge on any atom is 0.266 e. The van der Waals surface area contributed by atoms with Crippen molar-refractivity contribution in [3.63, 3.8) is 0 Å². The number of amides is 1. The number of H-pyrrole nitrogens is 2. The maximum absolute atomic E-state index is 12.9. The highest BCUT2D eigenvalue weighted by Gasteiger charge is 2.44. The molecule has 1 saturated heterocycles. The van der Waals surface area contributed by atoms with Crippen LogP contribution in [0.1, 0.15) is 36.1 Å². The van der Waals surface area contributed by atoms with Gasteiger partial charge < -0.3 is 9.80 Å². The molecule has 2 aromatic heterocycles. The Kier molecular flexibility index (Phi) is 4.52. The Morgan fingerprint density at radius 3 is 2.89 bits per heavy atom. The highest BCUT2D eigenvalue weighted by atomic mass is 16.2. The van der Waals surface area contributed by atoms with Crippen molar-refractivity contribution in [2.24, 2.45) is 0 Å². The van der Waals surface area contributed by atoms with Crippen LogP contribution in [-0.2, 0) is 23.1 Å². The first-order chi connectivity index (χ1) is 13.4. The number of hydrogen-bond donors (Lipinski definition) is 2. The molecule has 2 N–H and O–H groups in total. The van der Waals surface area contributed by atoms with Crippen LogP contribution in [0.5, 0.6) is 0 Å². The molecule has 1 unspecified atom stereocenters. The molecule has 9 heteroatoms. The van der Waals surface area contributed by atoms with E-state index in [0.717, 1.165) is 36.9 Å². The molecular weight excluding hydrogens is 360 g/mol. The summed E-state index contributed by atoms with van der Waals surface area (Å²) in [4.78, 5) is 49.2. The third-order valence-corrected chi connectivity index (χ3v) is 5.79. The standard InChI is InChI=1S/C19H24N6O3/c1-24(2)18-20-10-12-4-6-19(16(12)21-18)5-3-7-25(11-19)15(27)9-13-8-14(26)22-23-17(13)28/h8,10H,3-7,9,11H2,1-2H3,(H,22,26)(H,23,28). The second-order valence-electron chi connectivity index (χ2n) is 7.93. The van der Waals surface area contributed by atoms with E-state index in [0.29, 0.717) is 19.0 Å². The van der Waals surface area contributed by atoms with Crippen LogP contribution < -0.4 is 16.0 Å². The largest absolute Gasteiger partial charge is 0.347 e. The van der Waals surface area contributed by atoms with Crippen LogP contribution in [0.3, 0.4) is 0 Å². The van der Waals surface area contributed by atoms with Crippen LogP contribution in [0.2, 0.25) is 0 Å². The lowest BCUT2D eigenvalue weighted by molar-refractivity contribution is -0.132. The van der Waals surface area contributed by atoms with Crippen molar-refractivity contribution in [3.8, 4) is 0 Å². The molecule has 1 aliphatic carbocycles. The quantitative estimate of drug-likeness (QED) is 0.768. The van der Waals surface area contributed by atoms with Crippen LogP contribution in [0.25, 0.3) is 0 Å². The van der Waals surface area contributed by atoms with Gasteiger partial charge in [0.15, 0.2) is 0 Å². The Balaban J connectivity index is 1.58. The fourth-order valence-corrected chi connectivity index (χ4v) is 4.35. The number of aryl methyl sites for hydroxylation is 1. The third-order valence-electron chi connectivity index (χ3n) is 5.79. The summed E-state index contributed by atoms with van der Waals surface area (Å²) >= 11 is 0. The van der Waals surface area contributed by atoms with E-state index in [1.807, 2.05) is 30.1 Å². The van der Waals surface area contributed by atoms with Gasteiger partial charge in [0.05, 0.1) is 12.1 Å². The third kappa shape index (κ3) is 3.21. The summed E-state index contributed by atoms with van der Waals surface area (Å²) in [5.74, 6) is 0.545. The van der Waals surface area contributed by atoms with Crippen molar-refractivity contribution in [2.75, 3.05) is 32.1 Å². The van der Waals surface area contributed by atoms with Gasteiger partial charge in [-0.3, -0.25) is 24.6 Å². The van der Waals surface area contributed by atoms with Gasteiger partial charge in [0.1, 0.15) is 0 Å². The van der Waals surface area contributed by atoms with Gasteiger partial charge in [-0.2, -0.15) is 0 Å². The lowest BCUT2D eigenvalue weighted by Crippen LogP contribution is -2.48. The molecule has 0 saturated carbocycles. The number of likely N-dealkylation sites (tertiary alicyclic amines) is 1. The van der Waals surface area contributed by atoms with E-state index < -0.39 is 11.1 Å². The average Bonchev–Trinajstić information content (AvgIpc) is 3.02. The van der Waals surface area contributed by atoms with Gasteiger partial charge >= 0.3 is 0 Å². The van der Waals surface area contributed by atoms with Gasteiger partial charge in [0.25, 0.3) is 11.1 Å². The van der Waals surface area contributed by atoms with Crippen LogP contribution in [-0.4, -0.2) is 58.2 Å². The molecule has 2 aromatic rings. The SMILES string of the molecule is CN(C)c1ncc2c(n1)C1(CCCN(C(=O)Cc3cc(=O)[nH][nH]c3=O)C1)CC2. The number of aromatic nitrogens is 4. The molecule has 1 fully saturated rings. The summed E-state index contributed by atoms with van der Waals surface area (Å²) in [5.41, 5.74) is 1.39. The number of nitrogens with one attached hydrogen (secondary N) is 2. The summed E-state index contributed by atoms with van der Waals surface area (Å²) in [5, 5.41) is 4.49. The predicted molar refractivity (Wildman–Crippen MR) is 104 cm³/mol. The molecule has 0 aromatic carbocycles. The van der Waals surface area contributed by atoms with Gasteiger partial charge in [-0.25, -0.2) is 9.97 Å². The van der Waals surface area contributed by atoms with E-state index in [9.17, 15) is 14.4 Å². The second-order valence-corrected chi connectivity index (χ2v) is 7.93. The fraction of sp³-hybridized carbons (Fsp3) is 0.526. The first-order valence-corrected chi connectivity index (χ1v) is 9.50. The van der Waals surface area contributed by atoms with Gasteiger partial charge in [-0.15, -0.1) is 0 Å². The number of anilines is 1. The van der Waals surface area contributed by atoms with Crippen molar-refractivity contribution in [2.45, 2.75) is 37.5 Å². The van der Waals surface area contributed by atoms with Crippen LogP contribution >= 0.6 is 0 Å². The smallest absolute Gasteiger partial charge is 0.266 e. The Hall–Kier alpha value is -2.97. The zero-order chi connectivity index (χ0) is 19.9. The molecular formula is C19H24N6O3. The molecule has 4 rings (SSSR count). The van der Waals surface area contributed by atoms with Crippen molar-refractivity contribution in [3.05, 3.63) is 49.8 Å². The van der Waals surface area contributed by atoms with Crippen molar-refractivity contribution >= 4 is 11.9 Å². The van der Waals surface area contributed by atoms with Crippen LogP contribution in [0.4, 0.5) is 5.95 Å². The molecule has 2 aliphatic rings. The zero-order valence-corrected chi connectivity index (χ0v) is 16.1. The normalized spacial score (nSPS) is 21.0. The summed E-state index contributed by atoms with van der Waals surface area (Å²) in [6.45, 7) is 1.24. The summed E-state index contributed by atoms with van der Waals surface area (Å²) < 4.78 is 0. The molecule has 148 valence electrons. The van der Waals surface area contributed by atoms with E-state index in [2.05, 4.69) is 15.2 Å². The Bertz CT molecular complexity index is 1020. The Labute approximate surface area is 161 Å². The number of piperidine rings is 1. The Morgan fingerprint density at radius 2 is 2.11 bits per heavy atom. The number of carbonyl (C=O) groups excluding carboxylic acids is 1. The van der Waals surface area contributed by atoms with Crippen molar-refractivity contribution < 1.29 is 4.79 Å². The number of hydrogen-bond acceptors (Lipinski definition) is 6. The Morgan fingerprint density at radius 1 is 1.29 bits per heavy atom. The molecule has 0 radical (unpaired) electrons. The molecule has 1 spiro atoms. The van der Waals surface area contributed by atoms with E-state index in [1.165, 1.54) is 6.07 Å². The van der Waals surface area contributed by atoms with Gasteiger partial charge in [0, 0.05) is 50.4 Å². The average molecular weight is 384 g/mol. The van der Waals surface area contributed by atoms with Crippen LogP contribution in [0.15, 0.2) is 21.9 Å². The first-order valence-electron chi connectivity index (χ1n) is 9.50. The minimum absolute atomic E-state index is 0.0745. The highest BCUT2D eigenvalue weighted by molar-refractivity contribution is 5.79. The monoisotopic (exact) mass is 384 g/mol.